The van der Waals surface area contributed by atoms with Crippen LogP contribution in [0.5, 0.6) is 0 Å². The lowest BCUT2D eigenvalue weighted by Crippen LogP contribution is -2.49. The molecule has 2 fully saturated rings. The molecule has 0 amide bonds. The van der Waals surface area contributed by atoms with Crippen molar-refractivity contribution in [2.75, 3.05) is 27.2 Å². The number of benzene rings is 1. The van der Waals surface area contributed by atoms with Crippen LogP contribution in [0.3, 0.4) is 0 Å². The Morgan fingerprint density at radius 2 is 1.75 bits per heavy atom. The Balaban J connectivity index is 0.00000280. The maximum absolute atomic E-state index is 13.3. The molecule has 1 saturated heterocycles. The van der Waals surface area contributed by atoms with Crippen LogP contribution in [0.1, 0.15) is 37.7 Å². The molecule has 2 aliphatic rings. The van der Waals surface area contributed by atoms with E-state index in [2.05, 4.69) is 0 Å². The zero-order valence-corrected chi connectivity index (χ0v) is 18.7. The molecule has 0 aromatic heterocycles. The van der Waals surface area contributed by atoms with Gasteiger partial charge in [0.15, 0.2) is 6.10 Å². The zero-order chi connectivity index (χ0) is 19.7. The Labute approximate surface area is 177 Å². The lowest BCUT2D eigenvalue weighted by molar-refractivity contribution is -0.879. The highest BCUT2D eigenvalue weighted by molar-refractivity contribution is 8.93. The highest BCUT2D eigenvalue weighted by atomic mass is 79.9. The van der Waals surface area contributed by atoms with Gasteiger partial charge in [0.25, 0.3) is 0 Å². The first-order valence-corrected chi connectivity index (χ1v) is 10.7. The van der Waals surface area contributed by atoms with Gasteiger partial charge in [-0.25, -0.2) is 13.2 Å². The van der Waals surface area contributed by atoms with E-state index in [-0.39, 0.29) is 23.1 Å². The lowest BCUT2D eigenvalue weighted by atomic mass is 9.80. The van der Waals surface area contributed by atoms with Crippen LogP contribution >= 0.6 is 17.0 Å². The molecule has 2 atom stereocenters. The number of likely N-dealkylation sites (tertiary alicyclic amines) is 1. The molecule has 0 N–H and O–H groups in total. The lowest BCUT2D eigenvalue weighted by Gasteiger charge is -2.37. The number of carbonyl (C=O) groups excluding carboxylic acids is 1. The predicted octanol–water partition coefficient (Wildman–Crippen LogP) is 2.52. The molecule has 1 aliphatic heterocycles. The van der Waals surface area contributed by atoms with Crippen molar-refractivity contribution in [3.05, 3.63) is 35.9 Å². The van der Waals surface area contributed by atoms with Crippen LogP contribution in [0.2, 0.25) is 0 Å². The molecule has 1 saturated carbocycles. The van der Waals surface area contributed by atoms with Crippen LogP contribution in [-0.4, -0.2) is 56.7 Å². The summed E-state index contributed by atoms with van der Waals surface area (Å²) in [6, 6.07) is 8.40. The van der Waals surface area contributed by atoms with Crippen molar-refractivity contribution in [2.45, 2.75) is 43.8 Å². The SMILES string of the molecule is Br.C[N+]1(C)CCC(OC(=O)C(OS(=O)(=O)[O-])(c2ccccc2)C2CCCC2)C1. The van der Waals surface area contributed by atoms with Gasteiger partial charge in [-0.1, -0.05) is 43.2 Å². The topological polar surface area (TPSA) is 92.7 Å². The molecule has 1 aromatic carbocycles. The average Bonchev–Trinajstić information content (AvgIpc) is 3.22. The Bertz CT molecular complexity index is 779. The molecule has 28 heavy (non-hydrogen) atoms. The Morgan fingerprint density at radius 3 is 2.25 bits per heavy atom. The molecule has 158 valence electrons. The van der Waals surface area contributed by atoms with Gasteiger partial charge in [0, 0.05) is 12.3 Å². The van der Waals surface area contributed by atoms with Crippen molar-refractivity contribution in [3.63, 3.8) is 0 Å². The first-order chi connectivity index (χ1) is 12.6. The number of hydrogen-bond donors (Lipinski definition) is 0. The minimum Gasteiger partial charge on any atom is -0.725 e. The van der Waals surface area contributed by atoms with Gasteiger partial charge in [-0.15, -0.1) is 17.0 Å². The highest BCUT2D eigenvalue weighted by Gasteiger charge is 2.53. The fraction of sp³-hybridized carbons (Fsp3) is 0.632. The van der Waals surface area contributed by atoms with E-state index in [0.717, 1.165) is 23.9 Å². The standard InChI is InChI=1S/C19H27NO6S.BrH/c1-20(2)13-12-17(14-20)25-18(21)19(26-27(22,23)24,16-10-6-7-11-16)15-8-4-3-5-9-15;/h3-5,8-9,16-17H,6-7,10-14H2,1-2H3;1H. The largest absolute Gasteiger partial charge is 0.725 e. The number of quaternary nitrogens is 1. The van der Waals surface area contributed by atoms with Crippen molar-refractivity contribution in [1.29, 1.82) is 0 Å². The number of hydrogen-bond acceptors (Lipinski definition) is 6. The maximum atomic E-state index is 13.3. The second-order valence-electron chi connectivity index (χ2n) is 8.23. The van der Waals surface area contributed by atoms with E-state index in [1.165, 1.54) is 0 Å². The molecule has 1 aromatic rings. The molecule has 3 rings (SSSR count). The minimum atomic E-state index is -5.12. The van der Waals surface area contributed by atoms with E-state index in [1.54, 1.807) is 30.3 Å². The van der Waals surface area contributed by atoms with E-state index in [4.69, 9.17) is 8.92 Å². The van der Waals surface area contributed by atoms with E-state index >= 15 is 0 Å². The molecule has 2 unspecified atom stereocenters. The van der Waals surface area contributed by atoms with E-state index in [0.29, 0.717) is 31.4 Å². The molecular formula is C19H28BrNO6S. The fourth-order valence-electron chi connectivity index (χ4n) is 4.41. The third-order valence-electron chi connectivity index (χ3n) is 5.70. The van der Waals surface area contributed by atoms with Crippen molar-refractivity contribution >= 4 is 33.3 Å². The highest BCUT2D eigenvalue weighted by Crippen LogP contribution is 2.45. The number of nitrogens with zero attached hydrogens (tertiary/aromatic N) is 1. The van der Waals surface area contributed by atoms with Gasteiger partial charge in [-0.2, -0.15) is 0 Å². The number of rotatable bonds is 6. The van der Waals surface area contributed by atoms with Gasteiger partial charge >= 0.3 is 5.97 Å². The quantitative estimate of drug-likeness (QED) is 0.270. The van der Waals surface area contributed by atoms with Crippen LogP contribution in [0.4, 0.5) is 0 Å². The summed E-state index contributed by atoms with van der Waals surface area (Å²) in [6.45, 7) is 1.51. The number of halogens is 1. The Hall–Kier alpha value is -1.00. The van der Waals surface area contributed by atoms with Crippen LogP contribution in [0.15, 0.2) is 30.3 Å². The second kappa shape index (κ2) is 8.79. The molecular weight excluding hydrogens is 450 g/mol. The molecule has 1 heterocycles. The maximum Gasteiger partial charge on any atom is 0.345 e. The summed E-state index contributed by atoms with van der Waals surface area (Å²) in [5, 5.41) is 0. The van der Waals surface area contributed by atoms with Crippen LogP contribution in [0.25, 0.3) is 0 Å². The summed E-state index contributed by atoms with van der Waals surface area (Å²) >= 11 is 0. The van der Waals surface area contributed by atoms with Crippen molar-refractivity contribution in [2.24, 2.45) is 5.92 Å². The third-order valence-corrected chi connectivity index (χ3v) is 6.16. The van der Waals surface area contributed by atoms with Crippen LogP contribution < -0.4 is 0 Å². The summed E-state index contributed by atoms with van der Waals surface area (Å²) < 4.78 is 46.4. The van der Waals surface area contributed by atoms with Crippen molar-refractivity contribution < 1.29 is 31.2 Å². The van der Waals surface area contributed by atoms with Crippen LogP contribution in [-0.2, 0) is 29.7 Å². The fourth-order valence-corrected chi connectivity index (χ4v) is 5.03. The first kappa shape index (κ1) is 23.3. The first-order valence-electron chi connectivity index (χ1n) is 9.37. The molecule has 0 bridgehead atoms. The molecule has 0 radical (unpaired) electrons. The number of ether oxygens (including phenoxy) is 1. The monoisotopic (exact) mass is 477 g/mol. The van der Waals surface area contributed by atoms with Gasteiger partial charge in [0.1, 0.15) is 6.54 Å². The van der Waals surface area contributed by atoms with E-state index < -0.39 is 27.9 Å². The zero-order valence-electron chi connectivity index (χ0n) is 16.2. The number of likely N-dealkylation sites (N-methyl/N-ethyl adjacent to an activating group) is 1. The van der Waals surface area contributed by atoms with Gasteiger partial charge in [-0.05, 0) is 18.4 Å². The molecule has 0 spiro atoms. The summed E-state index contributed by atoms with van der Waals surface area (Å²) in [7, 11) is -1.02. The van der Waals surface area contributed by atoms with E-state index in [1.807, 2.05) is 14.1 Å². The smallest absolute Gasteiger partial charge is 0.345 e. The van der Waals surface area contributed by atoms with Crippen molar-refractivity contribution in [1.82, 2.24) is 0 Å². The normalized spacial score (nSPS) is 24.3. The summed E-state index contributed by atoms with van der Waals surface area (Å²) in [5.41, 5.74) is -1.56. The number of carbonyl (C=O) groups is 1. The van der Waals surface area contributed by atoms with Gasteiger partial charge in [0.05, 0.1) is 20.6 Å². The predicted molar refractivity (Wildman–Crippen MR) is 108 cm³/mol. The minimum absolute atomic E-state index is 0. The molecule has 9 heteroatoms. The summed E-state index contributed by atoms with van der Waals surface area (Å²) in [6.07, 6.45) is 3.27. The number of esters is 1. The van der Waals surface area contributed by atoms with Crippen molar-refractivity contribution in [3.8, 4) is 0 Å². The van der Waals surface area contributed by atoms with E-state index in [9.17, 15) is 17.8 Å². The summed E-state index contributed by atoms with van der Waals surface area (Å²) in [5.74, 6) is -1.19. The third kappa shape index (κ3) is 5.13. The van der Waals surface area contributed by atoms with Gasteiger partial charge in [-0.3, -0.25) is 4.18 Å². The van der Waals surface area contributed by atoms with Gasteiger partial charge in [0.2, 0.25) is 16.0 Å². The second-order valence-corrected chi connectivity index (χ2v) is 9.22. The van der Waals surface area contributed by atoms with Crippen LogP contribution in [0, 0.1) is 5.92 Å². The average molecular weight is 478 g/mol. The summed E-state index contributed by atoms with van der Waals surface area (Å²) in [4.78, 5) is 13.3. The Morgan fingerprint density at radius 1 is 1.14 bits per heavy atom. The Kier molecular flexibility index (Phi) is 7.31. The molecule has 1 aliphatic carbocycles. The van der Waals surface area contributed by atoms with Gasteiger partial charge < -0.3 is 13.8 Å². The molecule has 7 nitrogen and oxygen atoms in total.